The van der Waals surface area contributed by atoms with E-state index >= 15 is 0 Å². The number of carbonyl (C=O) groups excluding carboxylic acids is 4. The van der Waals surface area contributed by atoms with E-state index in [9.17, 15) is 29.4 Å². The van der Waals surface area contributed by atoms with Gasteiger partial charge in [0.25, 0.3) is 0 Å². The Hall–Kier alpha value is -2.72. The Kier molecular flexibility index (Phi) is 7.48. The third-order valence-electron chi connectivity index (χ3n) is 7.33. The summed E-state index contributed by atoms with van der Waals surface area (Å²) in [5, 5.41) is 23.0. The SMILES string of the molecule is C/C=C(/C)C(=O)O[C@@H]1C[C@H]2C(=C1C)[C@@H]1OC(=O)[C@@](C)(O)[C@@]1(O)[C@@H](OC(=O)CCC)C[C@@H]2OC(C)=O. The van der Waals surface area contributed by atoms with E-state index in [0.29, 0.717) is 23.1 Å². The van der Waals surface area contributed by atoms with Crippen LogP contribution in [0.5, 0.6) is 0 Å². The Bertz CT molecular complexity index is 977. The summed E-state index contributed by atoms with van der Waals surface area (Å²) in [5.41, 5.74) is -3.49. The van der Waals surface area contributed by atoms with E-state index in [4.69, 9.17) is 18.9 Å². The molecular formula is C25H34O10. The van der Waals surface area contributed by atoms with Crippen molar-refractivity contribution >= 4 is 23.9 Å². The molecule has 0 unspecified atom stereocenters. The van der Waals surface area contributed by atoms with Gasteiger partial charge in [-0.15, -0.1) is 0 Å². The fourth-order valence-corrected chi connectivity index (χ4v) is 5.21. The topological polar surface area (TPSA) is 146 Å². The lowest BCUT2D eigenvalue weighted by atomic mass is 9.75. The summed E-state index contributed by atoms with van der Waals surface area (Å²) in [6, 6.07) is 0. The van der Waals surface area contributed by atoms with Crippen LogP contribution in [-0.4, -0.2) is 69.7 Å². The Labute approximate surface area is 204 Å². The van der Waals surface area contributed by atoms with Crippen LogP contribution >= 0.6 is 0 Å². The molecule has 1 saturated heterocycles. The summed E-state index contributed by atoms with van der Waals surface area (Å²) < 4.78 is 22.3. The summed E-state index contributed by atoms with van der Waals surface area (Å²) in [5.74, 6) is -3.45. The van der Waals surface area contributed by atoms with Gasteiger partial charge in [0.15, 0.2) is 17.3 Å². The van der Waals surface area contributed by atoms with Crippen LogP contribution in [0.15, 0.2) is 22.8 Å². The molecule has 2 N–H and O–H groups in total. The fraction of sp³-hybridized carbons (Fsp3) is 0.680. The lowest BCUT2D eigenvalue weighted by Crippen LogP contribution is -2.64. The zero-order valence-electron chi connectivity index (χ0n) is 21.0. The van der Waals surface area contributed by atoms with E-state index in [2.05, 4.69) is 0 Å². The van der Waals surface area contributed by atoms with Gasteiger partial charge >= 0.3 is 23.9 Å². The molecule has 35 heavy (non-hydrogen) atoms. The van der Waals surface area contributed by atoms with Gasteiger partial charge in [-0.05, 0) is 51.7 Å². The van der Waals surface area contributed by atoms with Gasteiger partial charge in [0.05, 0.1) is 0 Å². The minimum absolute atomic E-state index is 0.0555. The van der Waals surface area contributed by atoms with Gasteiger partial charge in [-0.25, -0.2) is 9.59 Å². The maximum atomic E-state index is 12.7. The minimum atomic E-state index is -2.42. The molecule has 0 aromatic rings. The largest absolute Gasteiger partial charge is 0.462 e. The third kappa shape index (κ3) is 4.49. The van der Waals surface area contributed by atoms with Crippen LogP contribution in [0.3, 0.4) is 0 Å². The molecule has 1 aliphatic heterocycles. The Balaban J connectivity index is 2.14. The monoisotopic (exact) mass is 494 g/mol. The van der Waals surface area contributed by atoms with Crippen LogP contribution < -0.4 is 0 Å². The fourth-order valence-electron chi connectivity index (χ4n) is 5.21. The number of aliphatic hydroxyl groups is 2. The van der Waals surface area contributed by atoms with Gasteiger partial charge in [0.1, 0.15) is 18.3 Å². The first-order chi connectivity index (χ1) is 16.3. The van der Waals surface area contributed by atoms with Crippen molar-refractivity contribution in [1.29, 1.82) is 0 Å². The highest BCUT2D eigenvalue weighted by Gasteiger charge is 2.73. The summed E-state index contributed by atoms with van der Waals surface area (Å²) in [7, 11) is 0. The number of allylic oxidation sites excluding steroid dienone is 1. The molecule has 0 radical (unpaired) electrons. The second-order valence-electron chi connectivity index (χ2n) is 9.64. The zero-order chi connectivity index (χ0) is 26.3. The molecule has 1 heterocycles. The van der Waals surface area contributed by atoms with Gasteiger partial charge in [-0.2, -0.15) is 0 Å². The summed E-state index contributed by atoms with van der Waals surface area (Å²) >= 11 is 0. The minimum Gasteiger partial charge on any atom is -0.462 e. The predicted octanol–water partition coefficient (Wildman–Crippen LogP) is 1.66. The van der Waals surface area contributed by atoms with Crippen molar-refractivity contribution in [3.8, 4) is 0 Å². The van der Waals surface area contributed by atoms with Crippen molar-refractivity contribution in [2.75, 3.05) is 0 Å². The molecule has 2 aliphatic carbocycles. The first kappa shape index (κ1) is 26.9. The molecule has 3 rings (SSSR count). The van der Waals surface area contributed by atoms with E-state index in [1.54, 1.807) is 33.8 Å². The molecule has 0 amide bonds. The lowest BCUT2D eigenvalue weighted by molar-refractivity contribution is -0.205. The van der Waals surface area contributed by atoms with Gasteiger partial charge in [0, 0.05) is 31.3 Å². The van der Waals surface area contributed by atoms with Crippen molar-refractivity contribution in [3.63, 3.8) is 0 Å². The highest BCUT2D eigenvalue weighted by atomic mass is 16.6. The molecule has 2 fully saturated rings. The third-order valence-corrected chi connectivity index (χ3v) is 7.33. The standard InChI is InChI=1S/C25H34O10/c1-7-9-19(27)34-18-11-17(32-14(5)26)15-10-16(33-22(28)12(3)8-2)13(4)20(15)21-25(18,31)24(6,30)23(29)35-21/h8,15-18,21,30-31H,7,9-11H2,1-6H3/b12-8-/t15-,16-,17+,18+,21+,24-,25-/m1/s1. The molecule has 10 heteroatoms. The average Bonchev–Trinajstić information content (AvgIpc) is 3.14. The van der Waals surface area contributed by atoms with E-state index in [0.717, 1.165) is 6.92 Å². The Morgan fingerprint density at radius 1 is 1.14 bits per heavy atom. The number of hydrogen-bond donors (Lipinski definition) is 2. The molecule has 0 aromatic carbocycles. The quantitative estimate of drug-likeness (QED) is 0.242. The smallest absolute Gasteiger partial charge is 0.341 e. The first-order valence-electron chi connectivity index (χ1n) is 11.9. The summed E-state index contributed by atoms with van der Waals surface area (Å²) in [4.78, 5) is 49.6. The second-order valence-corrected chi connectivity index (χ2v) is 9.64. The van der Waals surface area contributed by atoms with E-state index in [1.807, 2.05) is 0 Å². The van der Waals surface area contributed by atoms with Crippen molar-refractivity contribution in [1.82, 2.24) is 0 Å². The number of esters is 4. The van der Waals surface area contributed by atoms with Crippen molar-refractivity contribution in [2.24, 2.45) is 5.92 Å². The van der Waals surface area contributed by atoms with Crippen LogP contribution in [0.4, 0.5) is 0 Å². The summed E-state index contributed by atoms with van der Waals surface area (Å²) in [6.45, 7) is 9.11. The number of ether oxygens (including phenoxy) is 4. The van der Waals surface area contributed by atoms with Crippen LogP contribution in [0, 0.1) is 5.92 Å². The second kappa shape index (κ2) is 9.73. The van der Waals surface area contributed by atoms with Crippen LogP contribution in [0.2, 0.25) is 0 Å². The van der Waals surface area contributed by atoms with Crippen LogP contribution in [0.1, 0.15) is 67.2 Å². The number of hydrogen-bond acceptors (Lipinski definition) is 10. The molecule has 7 atom stereocenters. The van der Waals surface area contributed by atoms with E-state index < -0.39 is 65.4 Å². The Morgan fingerprint density at radius 2 is 1.80 bits per heavy atom. The lowest BCUT2D eigenvalue weighted by Gasteiger charge is -2.39. The van der Waals surface area contributed by atoms with Gasteiger partial charge < -0.3 is 29.2 Å². The average molecular weight is 495 g/mol. The van der Waals surface area contributed by atoms with Gasteiger partial charge in [0.2, 0.25) is 0 Å². The van der Waals surface area contributed by atoms with Crippen LogP contribution in [-0.2, 0) is 38.1 Å². The van der Waals surface area contributed by atoms with Gasteiger partial charge in [-0.3, -0.25) is 9.59 Å². The van der Waals surface area contributed by atoms with E-state index in [1.165, 1.54) is 6.92 Å². The van der Waals surface area contributed by atoms with E-state index in [-0.39, 0.29) is 19.3 Å². The van der Waals surface area contributed by atoms with Gasteiger partial charge in [-0.1, -0.05) is 13.0 Å². The molecular weight excluding hydrogens is 460 g/mol. The number of carbonyl (C=O) groups is 4. The molecule has 194 valence electrons. The number of rotatable bonds is 6. The molecule has 3 aliphatic rings. The number of fused-ring (bicyclic) bond motifs is 3. The molecule has 0 aromatic heterocycles. The molecule has 1 saturated carbocycles. The maximum Gasteiger partial charge on any atom is 0.341 e. The van der Waals surface area contributed by atoms with Crippen molar-refractivity contribution in [2.45, 2.75) is 103 Å². The van der Waals surface area contributed by atoms with Crippen LogP contribution in [0.25, 0.3) is 0 Å². The Morgan fingerprint density at radius 3 is 2.37 bits per heavy atom. The maximum absolute atomic E-state index is 12.7. The zero-order valence-corrected chi connectivity index (χ0v) is 21.0. The predicted molar refractivity (Wildman–Crippen MR) is 121 cm³/mol. The normalized spacial score (nSPS) is 36.6. The highest BCUT2D eigenvalue weighted by molar-refractivity contribution is 5.88. The van der Waals surface area contributed by atoms with Crippen molar-refractivity contribution < 1.29 is 48.3 Å². The van der Waals surface area contributed by atoms with Crippen molar-refractivity contribution in [3.05, 3.63) is 22.8 Å². The highest BCUT2D eigenvalue weighted by Crippen LogP contribution is 2.53. The molecule has 10 nitrogen and oxygen atoms in total. The molecule has 0 spiro atoms. The first-order valence-corrected chi connectivity index (χ1v) is 11.9. The summed E-state index contributed by atoms with van der Waals surface area (Å²) in [6.07, 6.45) is -2.28. The molecule has 0 bridgehead atoms.